The van der Waals surface area contributed by atoms with E-state index in [-0.39, 0.29) is 0 Å². The maximum atomic E-state index is 9.75. The van der Waals surface area contributed by atoms with Crippen molar-refractivity contribution in [3.05, 3.63) is 27.7 Å². The van der Waals surface area contributed by atoms with E-state index in [0.29, 0.717) is 5.75 Å². The van der Waals surface area contributed by atoms with Crippen molar-refractivity contribution >= 4 is 15.9 Å². The van der Waals surface area contributed by atoms with Crippen LogP contribution >= 0.6 is 15.9 Å². The van der Waals surface area contributed by atoms with E-state index < -0.39 is 0 Å². The Morgan fingerprint density at radius 3 is 2.69 bits per heavy atom. The fourth-order valence-electron chi connectivity index (χ4n) is 2.36. The van der Waals surface area contributed by atoms with Gasteiger partial charge >= 0.3 is 0 Å². The number of hydrogen-bond acceptors (Lipinski definition) is 2. The topological polar surface area (TPSA) is 32.3 Å². The van der Waals surface area contributed by atoms with E-state index in [1.54, 1.807) is 0 Å². The third-order valence-electron chi connectivity index (χ3n) is 3.28. The number of aryl methyl sites for hydroxylation is 1. The maximum absolute atomic E-state index is 9.75. The number of hydrogen-bond donors (Lipinski definition) is 2. The summed E-state index contributed by atoms with van der Waals surface area (Å²) in [5.74, 6) is 1.13. The van der Waals surface area contributed by atoms with Gasteiger partial charge in [-0.2, -0.15) is 0 Å². The van der Waals surface area contributed by atoms with Gasteiger partial charge in [0.2, 0.25) is 0 Å². The van der Waals surface area contributed by atoms with Gasteiger partial charge in [0.25, 0.3) is 0 Å². The molecule has 1 aromatic carbocycles. The van der Waals surface area contributed by atoms with Crippen LogP contribution in [0.25, 0.3) is 0 Å². The molecule has 1 heterocycles. The predicted molar refractivity (Wildman–Crippen MR) is 69.8 cm³/mol. The van der Waals surface area contributed by atoms with E-state index in [0.717, 1.165) is 35.5 Å². The largest absolute Gasteiger partial charge is 0.507 e. The second-order valence-electron chi connectivity index (χ2n) is 4.64. The molecule has 1 aromatic rings. The minimum Gasteiger partial charge on any atom is -0.507 e. The number of nitrogens with one attached hydrogen (secondary N) is 1. The molecule has 2 rings (SSSR count). The van der Waals surface area contributed by atoms with Gasteiger partial charge in [-0.3, -0.25) is 0 Å². The molecule has 3 heteroatoms. The fourth-order valence-corrected chi connectivity index (χ4v) is 2.59. The van der Waals surface area contributed by atoms with Crippen LogP contribution in [0.4, 0.5) is 0 Å². The normalized spacial score (nSPS) is 17.6. The van der Waals surface area contributed by atoms with Crippen molar-refractivity contribution in [1.82, 2.24) is 5.32 Å². The van der Waals surface area contributed by atoms with Crippen LogP contribution in [0.3, 0.4) is 0 Å². The number of rotatable bonds is 2. The Kier molecular flexibility index (Phi) is 3.87. The summed E-state index contributed by atoms with van der Waals surface area (Å²) in [7, 11) is 0. The molecule has 0 aliphatic carbocycles. The SMILES string of the molecule is Cc1cc(CC2CCNCC2)cc(O)c1Br. The highest BCUT2D eigenvalue weighted by molar-refractivity contribution is 9.10. The first kappa shape index (κ1) is 11.9. The van der Waals surface area contributed by atoms with Gasteiger partial charge in [0, 0.05) is 0 Å². The number of halogens is 1. The quantitative estimate of drug-likeness (QED) is 0.875. The highest BCUT2D eigenvalue weighted by atomic mass is 79.9. The smallest absolute Gasteiger partial charge is 0.130 e. The standard InChI is InChI=1S/C13H18BrNO/c1-9-6-11(8-12(16)13(9)14)7-10-2-4-15-5-3-10/h6,8,10,15-16H,2-5,7H2,1H3. The molecule has 0 amide bonds. The van der Waals surface area contributed by atoms with Crippen molar-refractivity contribution in [3.8, 4) is 5.75 Å². The van der Waals surface area contributed by atoms with E-state index in [9.17, 15) is 5.11 Å². The number of aromatic hydroxyl groups is 1. The summed E-state index contributed by atoms with van der Waals surface area (Å²) >= 11 is 3.38. The molecule has 1 aliphatic rings. The molecule has 0 bridgehead atoms. The lowest BCUT2D eigenvalue weighted by atomic mass is 9.90. The van der Waals surface area contributed by atoms with Crippen LogP contribution in [0.15, 0.2) is 16.6 Å². The number of benzene rings is 1. The number of phenolic OH excluding ortho intramolecular Hbond substituents is 1. The molecule has 0 radical (unpaired) electrons. The molecule has 0 spiro atoms. The molecule has 0 unspecified atom stereocenters. The monoisotopic (exact) mass is 283 g/mol. The molecular formula is C13H18BrNO. The molecule has 0 saturated carbocycles. The van der Waals surface area contributed by atoms with Crippen LogP contribution in [-0.4, -0.2) is 18.2 Å². The van der Waals surface area contributed by atoms with Gasteiger partial charge in [0.05, 0.1) is 4.47 Å². The summed E-state index contributed by atoms with van der Waals surface area (Å²) < 4.78 is 0.821. The van der Waals surface area contributed by atoms with Gasteiger partial charge in [-0.25, -0.2) is 0 Å². The highest BCUT2D eigenvalue weighted by Crippen LogP contribution is 2.30. The lowest BCUT2D eigenvalue weighted by Gasteiger charge is -2.22. The van der Waals surface area contributed by atoms with E-state index in [1.807, 2.05) is 13.0 Å². The van der Waals surface area contributed by atoms with Gasteiger partial charge in [-0.15, -0.1) is 0 Å². The molecule has 1 aliphatic heterocycles. The predicted octanol–water partition coefficient (Wildman–Crippen LogP) is 3.01. The molecule has 16 heavy (non-hydrogen) atoms. The molecule has 1 saturated heterocycles. The Morgan fingerprint density at radius 2 is 2.06 bits per heavy atom. The lowest BCUT2D eigenvalue weighted by molar-refractivity contribution is 0.372. The van der Waals surface area contributed by atoms with E-state index in [2.05, 4.69) is 27.3 Å². The zero-order valence-electron chi connectivity index (χ0n) is 9.59. The molecule has 2 nitrogen and oxygen atoms in total. The summed E-state index contributed by atoms with van der Waals surface area (Å²) in [5.41, 5.74) is 2.37. The Labute approximate surface area is 105 Å². The van der Waals surface area contributed by atoms with Crippen molar-refractivity contribution in [2.75, 3.05) is 13.1 Å². The molecular weight excluding hydrogens is 266 g/mol. The second kappa shape index (κ2) is 5.19. The van der Waals surface area contributed by atoms with E-state index >= 15 is 0 Å². The molecule has 0 atom stereocenters. The first-order valence-electron chi connectivity index (χ1n) is 5.85. The Hall–Kier alpha value is -0.540. The number of piperidine rings is 1. The van der Waals surface area contributed by atoms with Crippen LogP contribution in [0, 0.1) is 12.8 Å². The van der Waals surface area contributed by atoms with Gasteiger partial charge in [-0.05, 0) is 78.3 Å². The van der Waals surface area contributed by atoms with Gasteiger partial charge in [0.1, 0.15) is 5.75 Å². The molecule has 1 fully saturated rings. The van der Waals surface area contributed by atoms with Gasteiger partial charge in [-0.1, -0.05) is 6.07 Å². The van der Waals surface area contributed by atoms with Gasteiger partial charge < -0.3 is 10.4 Å². The summed E-state index contributed by atoms with van der Waals surface area (Å²) in [6.07, 6.45) is 3.58. The first-order valence-corrected chi connectivity index (χ1v) is 6.65. The molecule has 2 N–H and O–H groups in total. The summed E-state index contributed by atoms with van der Waals surface area (Å²) in [6, 6.07) is 4.06. The average Bonchev–Trinajstić information content (AvgIpc) is 2.27. The summed E-state index contributed by atoms with van der Waals surface area (Å²) in [4.78, 5) is 0. The van der Waals surface area contributed by atoms with Crippen molar-refractivity contribution in [2.24, 2.45) is 5.92 Å². The molecule has 88 valence electrons. The van der Waals surface area contributed by atoms with Crippen molar-refractivity contribution in [3.63, 3.8) is 0 Å². The molecule has 0 aromatic heterocycles. The Bertz CT molecular complexity index is 349. The van der Waals surface area contributed by atoms with Crippen LogP contribution in [0.1, 0.15) is 24.0 Å². The minimum atomic E-state index is 0.365. The maximum Gasteiger partial charge on any atom is 0.130 e. The van der Waals surface area contributed by atoms with E-state index in [4.69, 9.17) is 0 Å². The second-order valence-corrected chi connectivity index (χ2v) is 5.44. The van der Waals surface area contributed by atoms with Crippen molar-refractivity contribution in [1.29, 1.82) is 0 Å². The third kappa shape index (κ3) is 2.77. The van der Waals surface area contributed by atoms with E-state index in [1.165, 1.54) is 18.4 Å². The van der Waals surface area contributed by atoms with Crippen LogP contribution in [0.5, 0.6) is 5.75 Å². The highest BCUT2D eigenvalue weighted by Gasteiger charge is 2.14. The Morgan fingerprint density at radius 1 is 1.38 bits per heavy atom. The average molecular weight is 284 g/mol. The zero-order valence-corrected chi connectivity index (χ0v) is 11.2. The van der Waals surface area contributed by atoms with Crippen LogP contribution < -0.4 is 5.32 Å². The summed E-state index contributed by atoms with van der Waals surface area (Å²) in [5, 5.41) is 13.1. The van der Waals surface area contributed by atoms with Crippen molar-refractivity contribution in [2.45, 2.75) is 26.2 Å². The summed E-state index contributed by atoms with van der Waals surface area (Å²) in [6.45, 7) is 4.29. The first-order chi connectivity index (χ1) is 7.66. The van der Waals surface area contributed by atoms with Crippen LogP contribution in [-0.2, 0) is 6.42 Å². The number of phenols is 1. The zero-order chi connectivity index (χ0) is 11.5. The Balaban J connectivity index is 2.09. The van der Waals surface area contributed by atoms with Crippen molar-refractivity contribution < 1.29 is 5.11 Å². The fraction of sp³-hybridized carbons (Fsp3) is 0.538. The lowest BCUT2D eigenvalue weighted by Crippen LogP contribution is -2.28. The minimum absolute atomic E-state index is 0.365. The van der Waals surface area contributed by atoms with Crippen LogP contribution in [0.2, 0.25) is 0 Å². The van der Waals surface area contributed by atoms with Gasteiger partial charge in [0.15, 0.2) is 0 Å². The third-order valence-corrected chi connectivity index (χ3v) is 4.31.